The molecule has 1 aromatic rings. The average molecular weight is 224 g/mol. The van der Waals surface area contributed by atoms with Crippen LogP contribution in [0.2, 0.25) is 0 Å². The number of hydrogen-bond donors (Lipinski definition) is 1. The van der Waals surface area contributed by atoms with E-state index in [4.69, 9.17) is 0 Å². The molecule has 0 aliphatic rings. The van der Waals surface area contributed by atoms with Gasteiger partial charge in [0.1, 0.15) is 6.04 Å². The Labute approximate surface area is 96.5 Å². The van der Waals surface area contributed by atoms with Crippen LogP contribution in [0.4, 0.5) is 5.95 Å². The summed E-state index contributed by atoms with van der Waals surface area (Å²) in [5.41, 5.74) is 0. The number of nitrogens with one attached hydrogen (secondary N) is 1. The van der Waals surface area contributed by atoms with Crippen LogP contribution in [0.3, 0.4) is 0 Å². The highest BCUT2D eigenvalue weighted by atomic mass is 16.2. The molecular formula is C11H20N4O. The van der Waals surface area contributed by atoms with Crippen LogP contribution in [0.1, 0.15) is 20.8 Å². The predicted octanol–water partition coefficient (Wildman–Crippen LogP) is 1.18. The molecule has 0 bridgehead atoms. The molecular weight excluding hydrogens is 204 g/mol. The van der Waals surface area contributed by atoms with Crippen molar-refractivity contribution in [3.63, 3.8) is 0 Å². The van der Waals surface area contributed by atoms with E-state index < -0.39 is 0 Å². The van der Waals surface area contributed by atoms with Gasteiger partial charge in [0.2, 0.25) is 11.9 Å². The van der Waals surface area contributed by atoms with E-state index in [1.165, 1.54) is 0 Å². The molecule has 1 unspecified atom stereocenters. The lowest BCUT2D eigenvalue weighted by atomic mass is 10.3. The second-order valence-corrected chi connectivity index (χ2v) is 3.76. The molecule has 0 saturated heterocycles. The predicted molar refractivity (Wildman–Crippen MR) is 64.3 cm³/mol. The summed E-state index contributed by atoms with van der Waals surface area (Å²) >= 11 is 0. The minimum absolute atomic E-state index is 0.0770. The van der Waals surface area contributed by atoms with E-state index in [9.17, 15) is 4.79 Å². The van der Waals surface area contributed by atoms with Crippen molar-refractivity contribution in [1.82, 2.24) is 14.5 Å². The van der Waals surface area contributed by atoms with E-state index in [1.54, 1.807) is 18.1 Å². The van der Waals surface area contributed by atoms with Crippen molar-refractivity contribution >= 4 is 11.9 Å². The van der Waals surface area contributed by atoms with Crippen molar-refractivity contribution in [1.29, 1.82) is 0 Å². The van der Waals surface area contributed by atoms with Gasteiger partial charge in [-0.15, -0.1) is 0 Å². The lowest BCUT2D eigenvalue weighted by Gasteiger charge is -2.21. The fraction of sp³-hybridized carbons (Fsp3) is 0.636. The van der Waals surface area contributed by atoms with Gasteiger partial charge in [0, 0.05) is 32.5 Å². The number of carbonyl (C=O) groups excluding carboxylic acids is 1. The molecule has 0 radical (unpaired) electrons. The van der Waals surface area contributed by atoms with Crippen LogP contribution >= 0.6 is 0 Å². The first-order chi connectivity index (χ1) is 7.60. The topological polar surface area (TPSA) is 50.2 Å². The summed E-state index contributed by atoms with van der Waals surface area (Å²) in [4.78, 5) is 17.7. The third kappa shape index (κ3) is 2.74. The SMILES string of the molecule is CCN(C)C(=O)C(C)Nc1nccn1CC. The Bertz CT molecular complexity index is 348. The van der Waals surface area contributed by atoms with Crippen LogP contribution < -0.4 is 5.32 Å². The lowest BCUT2D eigenvalue weighted by molar-refractivity contribution is -0.130. The van der Waals surface area contributed by atoms with Gasteiger partial charge < -0.3 is 14.8 Å². The molecule has 0 aliphatic heterocycles. The van der Waals surface area contributed by atoms with Crippen LogP contribution in [-0.2, 0) is 11.3 Å². The van der Waals surface area contributed by atoms with Crippen molar-refractivity contribution in [2.75, 3.05) is 18.9 Å². The van der Waals surface area contributed by atoms with Crippen LogP contribution in [0.5, 0.6) is 0 Å². The van der Waals surface area contributed by atoms with E-state index in [1.807, 2.05) is 31.5 Å². The zero-order valence-corrected chi connectivity index (χ0v) is 10.4. The molecule has 0 saturated carbocycles. The lowest BCUT2D eigenvalue weighted by Crippen LogP contribution is -2.39. The number of amides is 1. The van der Waals surface area contributed by atoms with Crippen molar-refractivity contribution in [2.45, 2.75) is 33.4 Å². The number of carbonyl (C=O) groups is 1. The molecule has 1 amide bonds. The smallest absolute Gasteiger partial charge is 0.244 e. The second-order valence-electron chi connectivity index (χ2n) is 3.76. The summed E-state index contributed by atoms with van der Waals surface area (Å²) in [6.07, 6.45) is 3.62. The first-order valence-electron chi connectivity index (χ1n) is 5.62. The Kier molecular flexibility index (Phi) is 4.34. The highest BCUT2D eigenvalue weighted by molar-refractivity contribution is 5.83. The van der Waals surface area contributed by atoms with Crippen LogP contribution in [0.15, 0.2) is 12.4 Å². The molecule has 1 atom stereocenters. The van der Waals surface area contributed by atoms with Gasteiger partial charge in [-0.05, 0) is 20.8 Å². The molecule has 0 spiro atoms. The van der Waals surface area contributed by atoms with Gasteiger partial charge >= 0.3 is 0 Å². The van der Waals surface area contributed by atoms with E-state index in [-0.39, 0.29) is 11.9 Å². The number of rotatable bonds is 5. The normalized spacial score (nSPS) is 12.2. The molecule has 0 aromatic carbocycles. The number of aromatic nitrogens is 2. The standard InChI is InChI=1S/C11H20N4O/c1-5-14(4)10(16)9(3)13-11-12-7-8-15(11)6-2/h7-9H,5-6H2,1-4H3,(H,12,13). The zero-order valence-electron chi connectivity index (χ0n) is 10.4. The maximum absolute atomic E-state index is 11.8. The van der Waals surface area contributed by atoms with Gasteiger partial charge in [-0.25, -0.2) is 4.98 Å². The Balaban J connectivity index is 2.64. The quantitative estimate of drug-likeness (QED) is 0.817. The molecule has 0 aliphatic carbocycles. The number of likely N-dealkylation sites (N-methyl/N-ethyl adjacent to an activating group) is 1. The van der Waals surface area contributed by atoms with Crippen LogP contribution in [-0.4, -0.2) is 40.0 Å². The zero-order chi connectivity index (χ0) is 12.1. The highest BCUT2D eigenvalue weighted by Crippen LogP contribution is 2.06. The molecule has 90 valence electrons. The van der Waals surface area contributed by atoms with Gasteiger partial charge in [0.25, 0.3) is 0 Å². The van der Waals surface area contributed by atoms with Gasteiger partial charge in [-0.3, -0.25) is 4.79 Å². The molecule has 5 heteroatoms. The number of imidazole rings is 1. The number of nitrogens with zero attached hydrogens (tertiary/aromatic N) is 3. The van der Waals surface area contributed by atoms with Gasteiger partial charge in [-0.2, -0.15) is 0 Å². The van der Waals surface area contributed by atoms with Crippen LogP contribution in [0, 0.1) is 0 Å². The van der Waals surface area contributed by atoms with Crippen molar-refractivity contribution in [2.24, 2.45) is 0 Å². The number of anilines is 1. The Morgan fingerprint density at radius 1 is 1.62 bits per heavy atom. The number of hydrogen-bond acceptors (Lipinski definition) is 3. The third-order valence-corrected chi connectivity index (χ3v) is 2.62. The summed E-state index contributed by atoms with van der Waals surface area (Å²) in [6, 6.07) is -0.252. The van der Waals surface area contributed by atoms with E-state index in [0.717, 1.165) is 12.5 Å². The number of aryl methyl sites for hydroxylation is 1. The summed E-state index contributed by atoms with van der Waals surface area (Å²) in [6.45, 7) is 7.40. The minimum Gasteiger partial charge on any atom is -0.344 e. The molecule has 1 heterocycles. The monoisotopic (exact) mass is 224 g/mol. The van der Waals surface area contributed by atoms with Crippen LogP contribution in [0.25, 0.3) is 0 Å². The fourth-order valence-electron chi connectivity index (χ4n) is 1.45. The molecule has 1 rings (SSSR count). The minimum atomic E-state index is -0.252. The molecule has 0 fully saturated rings. The van der Waals surface area contributed by atoms with E-state index >= 15 is 0 Å². The van der Waals surface area contributed by atoms with Crippen molar-refractivity contribution in [3.05, 3.63) is 12.4 Å². The summed E-state index contributed by atoms with van der Waals surface area (Å²) in [7, 11) is 1.80. The Morgan fingerprint density at radius 2 is 2.31 bits per heavy atom. The highest BCUT2D eigenvalue weighted by Gasteiger charge is 2.17. The molecule has 5 nitrogen and oxygen atoms in total. The largest absolute Gasteiger partial charge is 0.344 e. The molecule has 1 N–H and O–H groups in total. The first kappa shape index (κ1) is 12.5. The second kappa shape index (κ2) is 5.53. The van der Waals surface area contributed by atoms with Gasteiger partial charge in [0.15, 0.2) is 0 Å². The van der Waals surface area contributed by atoms with Gasteiger partial charge in [0.05, 0.1) is 0 Å². The average Bonchev–Trinajstić information content (AvgIpc) is 2.74. The maximum atomic E-state index is 11.8. The van der Waals surface area contributed by atoms with Gasteiger partial charge in [-0.1, -0.05) is 0 Å². The van der Waals surface area contributed by atoms with E-state index in [2.05, 4.69) is 10.3 Å². The Hall–Kier alpha value is -1.52. The van der Waals surface area contributed by atoms with E-state index in [0.29, 0.717) is 6.54 Å². The third-order valence-electron chi connectivity index (χ3n) is 2.62. The summed E-state index contributed by atoms with van der Waals surface area (Å²) in [5, 5.41) is 3.12. The first-order valence-corrected chi connectivity index (χ1v) is 5.62. The Morgan fingerprint density at radius 3 is 2.88 bits per heavy atom. The van der Waals surface area contributed by atoms with Crippen molar-refractivity contribution in [3.8, 4) is 0 Å². The summed E-state index contributed by atoms with van der Waals surface area (Å²) in [5.74, 6) is 0.820. The van der Waals surface area contributed by atoms with Crippen molar-refractivity contribution < 1.29 is 4.79 Å². The molecule has 16 heavy (non-hydrogen) atoms. The summed E-state index contributed by atoms with van der Waals surface area (Å²) < 4.78 is 1.97. The fourth-order valence-corrected chi connectivity index (χ4v) is 1.45. The molecule has 1 aromatic heterocycles. The maximum Gasteiger partial charge on any atom is 0.244 e.